The van der Waals surface area contributed by atoms with E-state index >= 15 is 0 Å². The summed E-state index contributed by atoms with van der Waals surface area (Å²) in [5.41, 5.74) is 2.61. The van der Waals surface area contributed by atoms with Crippen molar-refractivity contribution in [3.8, 4) is 0 Å². The molecule has 0 saturated carbocycles. The number of para-hydroxylation sites is 1. The van der Waals surface area contributed by atoms with Crippen molar-refractivity contribution >= 4 is 22.6 Å². The Hall–Kier alpha value is -3.42. The van der Waals surface area contributed by atoms with Gasteiger partial charge in [-0.3, -0.25) is 19.1 Å². The lowest BCUT2D eigenvalue weighted by atomic mass is 10.0. The molecule has 0 fully saturated rings. The molecule has 1 amide bonds. The molecule has 0 unspecified atom stereocenters. The summed E-state index contributed by atoms with van der Waals surface area (Å²) in [6.07, 6.45) is 2.16. The number of pyridine rings is 1. The molecule has 2 aromatic heterocycles. The first-order valence-corrected chi connectivity index (χ1v) is 11.2. The first kappa shape index (κ1) is 21.8. The number of hydrogen-bond acceptors (Lipinski definition) is 5. The van der Waals surface area contributed by atoms with Crippen LogP contribution in [0.5, 0.6) is 0 Å². The molecule has 3 heterocycles. The average Bonchev–Trinajstić information content (AvgIpc) is 2.78. The summed E-state index contributed by atoms with van der Waals surface area (Å²) < 4.78 is 1.39. The van der Waals surface area contributed by atoms with Crippen molar-refractivity contribution in [2.24, 2.45) is 0 Å². The molecule has 0 aliphatic carbocycles. The van der Waals surface area contributed by atoms with Crippen LogP contribution in [0.4, 0.5) is 5.69 Å². The summed E-state index contributed by atoms with van der Waals surface area (Å²) in [4.78, 5) is 47.2. The molecule has 1 aromatic carbocycles. The number of rotatable bonds is 6. The second-order valence-corrected chi connectivity index (χ2v) is 8.43. The first-order valence-electron chi connectivity index (χ1n) is 11.2. The number of aromatic nitrogens is 3. The molecule has 0 radical (unpaired) electrons. The van der Waals surface area contributed by atoms with Crippen LogP contribution in [0, 0.1) is 0 Å². The third kappa shape index (κ3) is 4.04. The molecule has 4 rings (SSSR count). The number of hydrogen-bond donors (Lipinski definition) is 2. The van der Waals surface area contributed by atoms with E-state index in [1.807, 2.05) is 19.9 Å². The van der Waals surface area contributed by atoms with Crippen LogP contribution in [0.2, 0.25) is 0 Å². The smallest absolute Gasteiger partial charge is 0.329 e. The number of H-pyrrole nitrogens is 1. The fourth-order valence-electron chi connectivity index (χ4n) is 4.31. The van der Waals surface area contributed by atoms with Crippen molar-refractivity contribution in [3.63, 3.8) is 0 Å². The second-order valence-electron chi connectivity index (χ2n) is 8.43. The van der Waals surface area contributed by atoms with Gasteiger partial charge in [-0.25, -0.2) is 9.78 Å². The monoisotopic (exact) mass is 435 g/mol. The zero-order chi connectivity index (χ0) is 22.8. The molecule has 0 bridgehead atoms. The number of nitrogens with zero attached hydrogens (tertiary/aromatic N) is 3. The molecule has 3 aromatic rings. The number of benzene rings is 1. The van der Waals surface area contributed by atoms with Gasteiger partial charge < -0.3 is 10.2 Å². The van der Waals surface area contributed by atoms with Crippen molar-refractivity contribution in [3.05, 3.63) is 68.0 Å². The molecular weight excluding hydrogens is 406 g/mol. The van der Waals surface area contributed by atoms with Gasteiger partial charge >= 0.3 is 5.69 Å². The molecule has 0 saturated heterocycles. The molecular formula is C24H29N5O3. The molecule has 0 spiro atoms. The fourth-order valence-corrected chi connectivity index (χ4v) is 4.31. The summed E-state index contributed by atoms with van der Waals surface area (Å²) in [5.74, 6) is -0.299. The second kappa shape index (κ2) is 8.98. The third-order valence-electron chi connectivity index (χ3n) is 5.99. The summed E-state index contributed by atoms with van der Waals surface area (Å²) in [6.45, 7) is 8.15. The van der Waals surface area contributed by atoms with Crippen molar-refractivity contribution < 1.29 is 4.79 Å². The van der Waals surface area contributed by atoms with E-state index in [0.717, 1.165) is 19.4 Å². The van der Waals surface area contributed by atoms with Crippen molar-refractivity contribution in [2.45, 2.75) is 46.1 Å². The molecule has 32 heavy (non-hydrogen) atoms. The average molecular weight is 436 g/mol. The van der Waals surface area contributed by atoms with Crippen molar-refractivity contribution in [1.82, 2.24) is 19.9 Å². The molecule has 2 N–H and O–H groups in total. The van der Waals surface area contributed by atoms with Gasteiger partial charge in [0.2, 0.25) is 0 Å². The zero-order valence-corrected chi connectivity index (χ0v) is 18.8. The van der Waals surface area contributed by atoms with Crippen LogP contribution in [0.15, 0.2) is 39.9 Å². The number of carbonyl (C=O) groups is 1. The summed E-state index contributed by atoms with van der Waals surface area (Å²) in [6, 6.07) is 10.0. The summed E-state index contributed by atoms with van der Waals surface area (Å²) in [7, 11) is 0. The Morgan fingerprint density at radius 3 is 2.78 bits per heavy atom. The maximum Gasteiger partial charge on any atom is 0.329 e. The van der Waals surface area contributed by atoms with Crippen LogP contribution in [0.1, 0.15) is 54.7 Å². The van der Waals surface area contributed by atoms with Gasteiger partial charge in [0.05, 0.1) is 10.9 Å². The van der Waals surface area contributed by atoms with Gasteiger partial charge in [-0.2, -0.15) is 0 Å². The number of amides is 1. The first-order chi connectivity index (χ1) is 15.4. The van der Waals surface area contributed by atoms with Crippen LogP contribution >= 0.6 is 0 Å². The number of anilines is 1. The molecule has 8 heteroatoms. The minimum absolute atomic E-state index is 0.0375. The van der Waals surface area contributed by atoms with E-state index in [1.165, 1.54) is 15.8 Å². The van der Waals surface area contributed by atoms with Gasteiger partial charge in [-0.1, -0.05) is 32.0 Å². The minimum Gasteiger partial charge on any atom is -0.370 e. The summed E-state index contributed by atoms with van der Waals surface area (Å²) in [5, 5.41) is 3.12. The lowest BCUT2D eigenvalue weighted by Crippen LogP contribution is -2.38. The van der Waals surface area contributed by atoms with Crippen LogP contribution in [0.3, 0.4) is 0 Å². The molecule has 8 nitrogen and oxygen atoms in total. The third-order valence-corrected chi connectivity index (χ3v) is 5.99. The van der Waals surface area contributed by atoms with Crippen LogP contribution < -0.4 is 21.5 Å². The Labute approximate surface area is 186 Å². The topological polar surface area (TPSA) is 100 Å². The Morgan fingerprint density at radius 1 is 1.25 bits per heavy atom. The normalized spacial score (nSPS) is 13.4. The number of aromatic amines is 1. The highest BCUT2D eigenvalue weighted by Gasteiger charge is 2.21. The van der Waals surface area contributed by atoms with Crippen molar-refractivity contribution in [2.75, 3.05) is 24.5 Å². The molecule has 168 valence electrons. The SMILES string of the molecule is CCn1c(=O)[nH]c(=O)c2c(C(=O)NCCN3CCCc4ccccc43)cc(C(C)C)nc21. The minimum atomic E-state index is -0.590. The van der Waals surface area contributed by atoms with E-state index in [4.69, 9.17) is 0 Å². The van der Waals surface area contributed by atoms with Crippen LogP contribution in [-0.2, 0) is 13.0 Å². The Kier molecular flexibility index (Phi) is 6.12. The number of nitrogens with one attached hydrogen (secondary N) is 2. The van der Waals surface area contributed by atoms with Crippen molar-refractivity contribution in [1.29, 1.82) is 0 Å². The Bertz CT molecular complexity index is 1270. The van der Waals surface area contributed by atoms with E-state index in [0.29, 0.717) is 25.3 Å². The standard InChI is InChI=1S/C24H29N5O3/c1-4-29-21-20(23(31)27-24(29)32)17(14-18(26-21)15(2)3)22(30)25-11-13-28-12-7-9-16-8-5-6-10-19(16)28/h5-6,8,10,14-15H,4,7,9,11-13H2,1-3H3,(H,25,30)(H,27,31,32). The number of aryl methyl sites for hydroxylation is 2. The van der Waals surface area contributed by atoms with Gasteiger partial charge in [-0.05, 0) is 43.4 Å². The van der Waals surface area contributed by atoms with Gasteiger partial charge in [-0.15, -0.1) is 0 Å². The lowest BCUT2D eigenvalue weighted by molar-refractivity contribution is 0.0956. The molecule has 0 atom stereocenters. The lowest BCUT2D eigenvalue weighted by Gasteiger charge is -2.31. The van der Waals surface area contributed by atoms with E-state index in [9.17, 15) is 14.4 Å². The Balaban J connectivity index is 1.63. The van der Waals surface area contributed by atoms with Gasteiger partial charge in [0.15, 0.2) is 5.65 Å². The van der Waals surface area contributed by atoms with Crippen LogP contribution in [0.25, 0.3) is 11.0 Å². The largest absolute Gasteiger partial charge is 0.370 e. The number of carbonyl (C=O) groups excluding carboxylic acids is 1. The highest BCUT2D eigenvalue weighted by molar-refractivity contribution is 6.05. The molecule has 1 aliphatic rings. The number of fused-ring (bicyclic) bond motifs is 2. The predicted octanol–water partition coefficient (Wildman–Crippen LogP) is 2.41. The van der Waals surface area contributed by atoms with Gasteiger partial charge in [0, 0.05) is 37.6 Å². The maximum absolute atomic E-state index is 13.2. The van der Waals surface area contributed by atoms with E-state index in [2.05, 4.69) is 38.4 Å². The van der Waals surface area contributed by atoms with Gasteiger partial charge in [0.1, 0.15) is 0 Å². The Morgan fingerprint density at radius 2 is 2.03 bits per heavy atom. The summed E-state index contributed by atoms with van der Waals surface area (Å²) >= 11 is 0. The zero-order valence-electron chi connectivity index (χ0n) is 18.8. The highest BCUT2D eigenvalue weighted by atomic mass is 16.2. The maximum atomic E-state index is 13.2. The van der Waals surface area contributed by atoms with Gasteiger partial charge in [0.25, 0.3) is 11.5 Å². The van der Waals surface area contributed by atoms with E-state index in [1.54, 1.807) is 13.0 Å². The highest BCUT2D eigenvalue weighted by Crippen LogP contribution is 2.26. The van der Waals surface area contributed by atoms with E-state index < -0.39 is 11.2 Å². The van der Waals surface area contributed by atoms with E-state index in [-0.39, 0.29) is 28.4 Å². The molecule has 1 aliphatic heterocycles. The quantitative estimate of drug-likeness (QED) is 0.619. The predicted molar refractivity (Wildman–Crippen MR) is 126 cm³/mol. The van der Waals surface area contributed by atoms with Crippen LogP contribution in [-0.4, -0.2) is 40.1 Å². The fraction of sp³-hybridized carbons (Fsp3) is 0.417.